The van der Waals surface area contributed by atoms with E-state index in [4.69, 9.17) is 21.1 Å². The number of amides is 1. The average Bonchev–Trinajstić information content (AvgIpc) is 3.53. The third-order valence-corrected chi connectivity index (χ3v) is 7.59. The van der Waals surface area contributed by atoms with Crippen LogP contribution in [0.15, 0.2) is 77.8 Å². The Morgan fingerprint density at radius 1 is 1.18 bits per heavy atom. The molecule has 0 fully saturated rings. The zero-order chi connectivity index (χ0) is 27.1. The van der Waals surface area contributed by atoms with E-state index in [1.807, 2.05) is 59.3 Å². The summed E-state index contributed by atoms with van der Waals surface area (Å²) in [6.45, 7) is 6.10. The van der Waals surface area contributed by atoms with Gasteiger partial charge in [-0.15, -0.1) is 28.1 Å². The summed E-state index contributed by atoms with van der Waals surface area (Å²) in [6, 6.07) is 16.7. The Morgan fingerprint density at radius 2 is 1.92 bits per heavy atom. The van der Waals surface area contributed by atoms with Crippen LogP contribution >= 0.6 is 34.7 Å². The van der Waals surface area contributed by atoms with E-state index in [0.29, 0.717) is 44.4 Å². The molecule has 1 N–H and O–H groups in total. The van der Waals surface area contributed by atoms with Gasteiger partial charge in [0.2, 0.25) is 5.91 Å². The topological polar surface area (TPSA) is 95.3 Å². The van der Waals surface area contributed by atoms with Crippen LogP contribution in [0.3, 0.4) is 0 Å². The van der Waals surface area contributed by atoms with Crippen LogP contribution in [0.1, 0.15) is 29.2 Å². The molecule has 11 heteroatoms. The fraction of sp³-hybridized carbons (Fsp3) is 0.185. The van der Waals surface area contributed by atoms with Crippen molar-refractivity contribution in [3.05, 3.63) is 89.0 Å². The summed E-state index contributed by atoms with van der Waals surface area (Å²) in [5.74, 6) is 0.350. The molecular formula is C27H25ClN4O4S2. The molecule has 0 saturated heterocycles. The summed E-state index contributed by atoms with van der Waals surface area (Å²) in [7, 11) is 1.32. The van der Waals surface area contributed by atoms with E-state index in [2.05, 4.69) is 22.1 Å². The van der Waals surface area contributed by atoms with Gasteiger partial charge >= 0.3 is 5.97 Å². The van der Waals surface area contributed by atoms with Crippen molar-refractivity contribution in [3.8, 4) is 16.9 Å². The monoisotopic (exact) mass is 568 g/mol. The number of nitrogens with one attached hydrogen (secondary N) is 1. The second-order valence-electron chi connectivity index (χ2n) is 7.98. The van der Waals surface area contributed by atoms with Gasteiger partial charge in [-0.1, -0.05) is 71.9 Å². The van der Waals surface area contributed by atoms with Gasteiger partial charge < -0.3 is 14.8 Å². The molecule has 38 heavy (non-hydrogen) atoms. The molecular weight excluding hydrogens is 544 g/mol. The molecule has 1 amide bonds. The maximum atomic E-state index is 12.9. The van der Waals surface area contributed by atoms with Crippen molar-refractivity contribution in [1.82, 2.24) is 14.8 Å². The number of nitrogens with zero attached hydrogens (tertiary/aromatic N) is 3. The lowest BCUT2D eigenvalue weighted by Crippen LogP contribution is -2.17. The number of halogens is 1. The van der Waals surface area contributed by atoms with Gasteiger partial charge in [0, 0.05) is 17.5 Å². The number of carbonyl (C=O) groups is 2. The van der Waals surface area contributed by atoms with E-state index < -0.39 is 12.1 Å². The first-order chi connectivity index (χ1) is 18.4. The fourth-order valence-electron chi connectivity index (χ4n) is 3.67. The van der Waals surface area contributed by atoms with Crippen LogP contribution in [0, 0.1) is 0 Å². The summed E-state index contributed by atoms with van der Waals surface area (Å²) in [5.41, 5.74) is 1.88. The molecule has 0 saturated carbocycles. The van der Waals surface area contributed by atoms with E-state index in [1.54, 1.807) is 18.2 Å². The molecule has 0 bridgehead atoms. The molecule has 0 radical (unpaired) electrons. The Morgan fingerprint density at radius 3 is 2.63 bits per heavy atom. The minimum Gasteiger partial charge on any atom is -0.481 e. The molecule has 2 heterocycles. The van der Waals surface area contributed by atoms with E-state index in [0.717, 1.165) is 5.56 Å². The summed E-state index contributed by atoms with van der Waals surface area (Å²) in [5, 5.41) is 14.7. The summed E-state index contributed by atoms with van der Waals surface area (Å²) >= 11 is 8.72. The van der Waals surface area contributed by atoms with Crippen molar-refractivity contribution in [1.29, 1.82) is 0 Å². The number of esters is 1. The smallest absolute Gasteiger partial charge is 0.341 e. The lowest BCUT2D eigenvalue weighted by Gasteiger charge is -2.16. The van der Waals surface area contributed by atoms with E-state index in [9.17, 15) is 9.59 Å². The van der Waals surface area contributed by atoms with Crippen molar-refractivity contribution < 1.29 is 19.1 Å². The van der Waals surface area contributed by atoms with Crippen LogP contribution in [0.2, 0.25) is 5.02 Å². The molecule has 4 rings (SSSR count). The molecule has 0 aliphatic rings. The van der Waals surface area contributed by atoms with Gasteiger partial charge in [-0.25, -0.2) is 4.79 Å². The average molecular weight is 569 g/mol. The molecule has 0 aliphatic heterocycles. The van der Waals surface area contributed by atoms with Gasteiger partial charge in [-0.05, 0) is 24.6 Å². The van der Waals surface area contributed by atoms with Crippen LogP contribution in [0.4, 0.5) is 5.00 Å². The lowest BCUT2D eigenvalue weighted by molar-refractivity contribution is -0.113. The third-order valence-electron chi connectivity index (χ3n) is 5.41. The number of aromatic nitrogens is 3. The van der Waals surface area contributed by atoms with E-state index >= 15 is 0 Å². The highest BCUT2D eigenvalue weighted by molar-refractivity contribution is 7.99. The number of ether oxygens (including phenoxy) is 2. The number of allylic oxidation sites excluding steroid dienone is 1. The first-order valence-electron chi connectivity index (χ1n) is 11.6. The van der Waals surface area contributed by atoms with E-state index in [1.165, 1.54) is 30.2 Å². The van der Waals surface area contributed by atoms with Gasteiger partial charge in [0.1, 0.15) is 16.3 Å². The molecule has 0 spiro atoms. The quantitative estimate of drug-likeness (QED) is 0.125. The highest BCUT2D eigenvalue weighted by Crippen LogP contribution is 2.36. The number of anilines is 1. The minimum atomic E-state index is -0.518. The number of rotatable bonds is 11. The zero-order valence-corrected chi connectivity index (χ0v) is 23.1. The number of thiophene rings is 1. The number of carbonyl (C=O) groups excluding carboxylic acids is 2. The Labute approximate surface area is 233 Å². The molecule has 8 nitrogen and oxygen atoms in total. The Kier molecular flexibility index (Phi) is 9.22. The Bertz CT molecular complexity index is 1440. The van der Waals surface area contributed by atoms with Gasteiger partial charge in [0.05, 0.1) is 17.9 Å². The maximum absolute atomic E-state index is 12.9. The largest absolute Gasteiger partial charge is 0.481 e. The number of para-hydroxylation sites is 1. The second kappa shape index (κ2) is 12.8. The molecule has 196 valence electrons. The number of benzene rings is 2. The normalized spacial score (nSPS) is 11.6. The molecule has 0 aliphatic carbocycles. The number of hydrogen-bond donors (Lipinski definition) is 1. The summed E-state index contributed by atoms with van der Waals surface area (Å²) < 4.78 is 12.8. The Balaban J connectivity index is 1.47. The summed E-state index contributed by atoms with van der Waals surface area (Å²) in [4.78, 5) is 25.5. The van der Waals surface area contributed by atoms with Gasteiger partial charge in [-0.2, -0.15) is 0 Å². The zero-order valence-electron chi connectivity index (χ0n) is 20.7. The maximum Gasteiger partial charge on any atom is 0.341 e. The van der Waals surface area contributed by atoms with Crippen molar-refractivity contribution in [2.24, 2.45) is 0 Å². The second-order valence-corrected chi connectivity index (χ2v) is 10.2. The number of methoxy groups -OCH3 is 1. The van der Waals surface area contributed by atoms with Gasteiger partial charge in [0.25, 0.3) is 0 Å². The van der Waals surface area contributed by atoms with Crippen LogP contribution in [-0.2, 0) is 16.1 Å². The van der Waals surface area contributed by atoms with Crippen molar-refractivity contribution in [2.75, 3.05) is 18.2 Å². The fourth-order valence-corrected chi connectivity index (χ4v) is 5.58. The first-order valence-corrected chi connectivity index (χ1v) is 13.8. The SMILES string of the molecule is C=CCn1c(SCC(=O)Nc2scc(-c3ccccc3)c2C(=O)OC)nnc1C(C)Oc1ccccc1Cl. The molecule has 4 aromatic rings. The molecule has 2 aromatic heterocycles. The third kappa shape index (κ3) is 6.27. The van der Waals surface area contributed by atoms with Crippen LogP contribution in [0.5, 0.6) is 5.75 Å². The minimum absolute atomic E-state index is 0.0498. The standard InChI is InChI=1S/C27H25ClN4O4S2/c1-4-14-32-24(17(2)36-21-13-9-8-12-20(21)28)30-31-27(32)38-16-22(33)29-25-23(26(34)35-3)19(15-37-25)18-10-6-5-7-11-18/h4-13,15,17H,1,14,16H2,2-3H3,(H,29,33). The van der Waals surface area contributed by atoms with Crippen LogP contribution < -0.4 is 10.1 Å². The van der Waals surface area contributed by atoms with Gasteiger partial charge in [0.15, 0.2) is 17.1 Å². The number of thioether (sulfide) groups is 1. The Hall–Kier alpha value is -3.60. The summed E-state index contributed by atoms with van der Waals surface area (Å²) in [6.07, 6.45) is 1.27. The lowest BCUT2D eigenvalue weighted by atomic mass is 10.0. The molecule has 2 aromatic carbocycles. The van der Waals surface area contributed by atoms with Crippen molar-refractivity contribution in [2.45, 2.75) is 24.7 Å². The predicted octanol–water partition coefficient (Wildman–Crippen LogP) is 6.50. The molecule has 1 unspecified atom stereocenters. The molecule has 1 atom stereocenters. The van der Waals surface area contributed by atoms with Crippen molar-refractivity contribution >= 4 is 51.6 Å². The van der Waals surface area contributed by atoms with Crippen LogP contribution in [-0.4, -0.2) is 39.5 Å². The highest BCUT2D eigenvalue weighted by atomic mass is 35.5. The predicted molar refractivity (Wildman–Crippen MR) is 151 cm³/mol. The first kappa shape index (κ1) is 27.4. The highest BCUT2D eigenvalue weighted by Gasteiger charge is 2.24. The van der Waals surface area contributed by atoms with E-state index in [-0.39, 0.29) is 11.7 Å². The van der Waals surface area contributed by atoms with Crippen molar-refractivity contribution in [3.63, 3.8) is 0 Å². The van der Waals surface area contributed by atoms with Crippen LogP contribution in [0.25, 0.3) is 11.1 Å². The number of hydrogen-bond acceptors (Lipinski definition) is 8. The van der Waals surface area contributed by atoms with Gasteiger partial charge in [-0.3, -0.25) is 9.36 Å².